The zero-order valence-corrected chi connectivity index (χ0v) is 11.2. The van der Waals surface area contributed by atoms with Crippen LogP contribution in [0.1, 0.15) is 46.0 Å². The van der Waals surface area contributed by atoms with Gasteiger partial charge in [0.05, 0.1) is 5.41 Å². The van der Waals surface area contributed by atoms with Crippen molar-refractivity contribution < 1.29 is 4.79 Å². The van der Waals surface area contributed by atoms with Crippen molar-refractivity contribution in [3.63, 3.8) is 0 Å². The normalized spacial score (nSPS) is 19.1. The first-order valence-electron chi connectivity index (χ1n) is 6.69. The fourth-order valence-corrected chi connectivity index (χ4v) is 2.71. The monoisotopic (exact) mass is 238 g/mol. The molecule has 0 aromatic heterocycles. The molecule has 1 amide bonds. The van der Waals surface area contributed by atoms with Crippen LogP contribution < -0.4 is 5.73 Å². The summed E-state index contributed by atoms with van der Waals surface area (Å²) in [6, 6.07) is 0.214. The van der Waals surface area contributed by atoms with Crippen LogP contribution in [0.2, 0.25) is 0 Å². The van der Waals surface area contributed by atoms with E-state index in [0.717, 1.165) is 25.7 Å². The Labute approximate surface area is 105 Å². The SMILES string of the molecule is C=CCN(C(=O)C1(CN)CCCCC1)C(C)C. The van der Waals surface area contributed by atoms with Crippen LogP contribution in [-0.2, 0) is 4.79 Å². The molecular weight excluding hydrogens is 212 g/mol. The van der Waals surface area contributed by atoms with Crippen molar-refractivity contribution in [2.24, 2.45) is 11.1 Å². The maximum Gasteiger partial charge on any atom is 0.230 e. The van der Waals surface area contributed by atoms with E-state index in [2.05, 4.69) is 20.4 Å². The maximum atomic E-state index is 12.7. The number of nitrogens with zero attached hydrogens (tertiary/aromatic N) is 1. The zero-order chi connectivity index (χ0) is 12.9. The number of hydrogen-bond donors (Lipinski definition) is 1. The minimum Gasteiger partial charge on any atom is -0.336 e. The summed E-state index contributed by atoms with van der Waals surface area (Å²) in [4.78, 5) is 14.6. The number of nitrogens with two attached hydrogens (primary N) is 1. The molecule has 1 aliphatic carbocycles. The molecule has 0 aromatic rings. The van der Waals surface area contributed by atoms with Gasteiger partial charge in [0.15, 0.2) is 0 Å². The van der Waals surface area contributed by atoms with E-state index in [1.807, 2.05) is 4.90 Å². The Kier molecular flexibility index (Phi) is 5.19. The Hall–Kier alpha value is -0.830. The van der Waals surface area contributed by atoms with E-state index in [-0.39, 0.29) is 17.4 Å². The van der Waals surface area contributed by atoms with Crippen molar-refractivity contribution in [3.05, 3.63) is 12.7 Å². The molecule has 17 heavy (non-hydrogen) atoms. The van der Waals surface area contributed by atoms with Crippen LogP contribution in [-0.4, -0.2) is 29.9 Å². The fraction of sp³-hybridized carbons (Fsp3) is 0.786. The van der Waals surface area contributed by atoms with E-state index in [4.69, 9.17) is 5.73 Å². The molecule has 1 fully saturated rings. The van der Waals surface area contributed by atoms with Crippen LogP contribution in [0.5, 0.6) is 0 Å². The van der Waals surface area contributed by atoms with Crippen molar-refractivity contribution in [2.75, 3.05) is 13.1 Å². The predicted octanol–water partition coefficient (Wildman–Crippen LogP) is 2.32. The number of hydrogen-bond acceptors (Lipinski definition) is 2. The van der Waals surface area contributed by atoms with Crippen LogP contribution in [0.4, 0.5) is 0 Å². The van der Waals surface area contributed by atoms with E-state index in [1.54, 1.807) is 6.08 Å². The molecule has 0 unspecified atom stereocenters. The molecule has 0 aliphatic heterocycles. The van der Waals surface area contributed by atoms with E-state index in [0.29, 0.717) is 13.1 Å². The van der Waals surface area contributed by atoms with E-state index in [1.165, 1.54) is 6.42 Å². The third-order valence-electron chi connectivity index (χ3n) is 3.87. The molecule has 0 spiro atoms. The molecule has 98 valence electrons. The average Bonchev–Trinajstić information content (AvgIpc) is 2.35. The number of amides is 1. The molecule has 3 heteroatoms. The molecule has 0 heterocycles. The van der Waals surface area contributed by atoms with Gasteiger partial charge in [-0.05, 0) is 26.7 Å². The molecule has 0 atom stereocenters. The molecule has 0 radical (unpaired) electrons. The summed E-state index contributed by atoms with van der Waals surface area (Å²) < 4.78 is 0. The first-order chi connectivity index (χ1) is 8.07. The van der Waals surface area contributed by atoms with Crippen molar-refractivity contribution >= 4 is 5.91 Å². The number of carbonyl (C=O) groups is 1. The lowest BCUT2D eigenvalue weighted by atomic mass is 9.73. The lowest BCUT2D eigenvalue weighted by Gasteiger charge is -2.40. The Bertz CT molecular complexity index is 267. The summed E-state index contributed by atoms with van der Waals surface area (Å²) in [6.45, 7) is 8.94. The first-order valence-corrected chi connectivity index (χ1v) is 6.69. The predicted molar refractivity (Wildman–Crippen MR) is 71.6 cm³/mol. The summed E-state index contributed by atoms with van der Waals surface area (Å²) in [7, 11) is 0. The van der Waals surface area contributed by atoms with Gasteiger partial charge >= 0.3 is 0 Å². The molecule has 3 nitrogen and oxygen atoms in total. The summed E-state index contributed by atoms with van der Waals surface area (Å²) in [5.41, 5.74) is 5.60. The summed E-state index contributed by atoms with van der Waals surface area (Å²) in [5.74, 6) is 0.231. The largest absolute Gasteiger partial charge is 0.336 e. The molecule has 1 aliphatic rings. The summed E-state index contributed by atoms with van der Waals surface area (Å²) >= 11 is 0. The smallest absolute Gasteiger partial charge is 0.230 e. The van der Waals surface area contributed by atoms with Gasteiger partial charge in [-0.1, -0.05) is 25.3 Å². The number of rotatable bonds is 5. The van der Waals surface area contributed by atoms with Gasteiger partial charge in [-0.2, -0.15) is 0 Å². The second kappa shape index (κ2) is 6.20. The number of carbonyl (C=O) groups excluding carboxylic acids is 1. The van der Waals surface area contributed by atoms with Crippen molar-refractivity contribution in [2.45, 2.75) is 52.0 Å². The van der Waals surface area contributed by atoms with Gasteiger partial charge in [-0.15, -0.1) is 6.58 Å². The second-order valence-corrected chi connectivity index (χ2v) is 5.39. The van der Waals surface area contributed by atoms with Gasteiger partial charge in [-0.25, -0.2) is 0 Å². The molecule has 1 saturated carbocycles. The molecule has 0 bridgehead atoms. The van der Waals surface area contributed by atoms with Crippen molar-refractivity contribution in [1.82, 2.24) is 4.90 Å². The highest BCUT2D eigenvalue weighted by Crippen LogP contribution is 2.37. The lowest BCUT2D eigenvalue weighted by molar-refractivity contribution is -0.144. The van der Waals surface area contributed by atoms with Gasteiger partial charge < -0.3 is 10.6 Å². The van der Waals surface area contributed by atoms with Crippen molar-refractivity contribution in [3.8, 4) is 0 Å². The molecule has 2 N–H and O–H groups in total. The minimum atomic E-state index is -0.300. The lowest BCUT2D eigenvalue weighted by Crippen LogP contribution is -2.51. The van der Waals surface area contributed by atoms with Crippen molar-refractivity contribution in [1.29, 1.82) is 0 Å². The molecule has 1 rings (SSSR count). The van der Waals surface area contributed by atoms with Gasteiger partial charge in [0.2, 0.25) is 5.91 Å². The van der Waals surface area contributed by atoms with Gasteiger partial charge in [-0.3, -0.25) is 4.79 Å². The zero-order valence-electron chi connectivity index (χ0n) is 11.2. The van der Waals surface area contributed by atoms with Gasteiger partial charge in [0.25, 0.3) is 0 Å². The van der Waals surface area contributed by atoms with Gasteiger partial charge in [0, 0.05) is 19.1 Å². The van der Waals surface area contributed by atoms with Crippen LogP contribution >= 0.6 is 0 Å². The molecule has 0 saturated heterocycles. The summed E-state index contributed by atoms with van der Waals surface area (Å²) in [5, 5.41) is 0. The van der Waals surface area contributed by atoms with Gasteiger partial charge in [0.1, 0.15) is 0 Å². The third kappa shape index (κ3) is 3.09. The average molecular weight is 238 g/mol. The van der Waals surface area contributed by atoms with Crippen LogP contribution in [0.3, 0.4) is 0 Å². The second-order valence-electron chi connectivity index (χ2n) is 5.39. The quantitative estimate of drug-likeness (QED) is 0.747. The highest BCUT2D eigenvalue weighted by Gasteiger charge is 2.41. The summed E-state index contributed by atoms with van der Waals surface area (Å²) in [6.07, 6.45) is 7.18. The van der Waals surface area contributed by atoms with Crippen LogP contribution in [0.15, 0.2) is 12.7 Å². The maximum absolute atomic E-state index is 12.7. The Morgan fingerprint density at radius 1 is 1.41 bits per heavy atom. The van der Waals surface area contributed by atoms with Crippen LogP contribution in [0, 0.1) is 5.41 Å². The van der Waals surface area contributed by atoms with Crippen LogP contribution in [0.25, 0.3) is 0 Å². The highest BCUT2D eigenvalue weighted by molar-refractivity contribution is 5.83. The fourth-order valence-electron chi connectivity index (χ4n) is 2.71. The topological polar surface area (TPSA) is 46.3 Å². The Morgan fingerprint density at radius 2 is 2.00 bits per heavy atom. The Morgan fingerprint density at radius 3 is 2.41 bits per heavy atom. The Balaban J connectivity index is 2.85. The highest BCUT2D eigenvalue weighted by atomic mass is 16.2. The molecule has 0 aromatic carbocycles. The van der Waals surface area contributed by atoms with E-state index in [9.17, 15) is 4.79 Å². The standard InChI is InChI=1S/C14H26N2O/c1-4-10-16(12(2)3)13(17)14(11-15)8-6-5-7-9-14/h4,12H,1,5-11,15H2,2-3H3. The third-order valence-corrected chi connectivity index (χ3v) is 3.87. The van der Waals surface area contributed by atoms with E-state index < -0.39 is 0 Å². The first kappa shape index (κ1) is 14.2. The molecular formula is C14H26N2O. The van der Waals surface area contributed by atoms with E-state index >= 15 is 0 Å². The minimum absolute atomic E-state index is 0.214.